The summed E-state index contributed by atoms with van der Waals surface area (Å²) < 4.78 is 5.18. The average molecular weight is 252 g/mol. The van der Waals surface area contributed by atoms with Crippen molar-refractivity contribution in [1.82, 2.24) is 9.97 Å². The Bertz CT molecular complexity index is 444. The van der Waals surface area contributed by atoms with Crippen LogP contribution in [0.15, 0.2) is 11.1 Å². The molecule has 1 unspecified atom stereocenters. The molecule has 1 aliphatic rings. The van der Waals surface area contributed by atoms with Crippen molar-refractivity contribution in [3.63, 3.8) is 0 Å². The SMILES string of the molecule is COc1c(N2CCCCC2CCN)nc[nH]c1=O. The number of ether oxygens (including phenoxy) is 1. The Morgan fingerprint density at radius 3 is 3.17 bits per heavy atom. The van der Waals surface area contributed by atoms with Crippen molar-refractivity contribution in [2.45, 2.75) is 31.7 Å². The maximum Gasteiger partial charge on any atom is 0.295 e. The van der Waals surface area contributed by atoms with Crippen LogP contribution in [0.1, 0.15) is 25.7 Å². The molecule has 6 heteroatoms. The highest BCUT2D eigenvalue weighted by atomic mass is 16.5. The Kier molecular flexibility index (Phi) is 4.19. The van der Waals surface area contributed by atoms with E-state index in [2.05, 4.69) is 14.9 Å². The van der Waals surface area contributed by atoms with Crippen LogP contribution in [-0.2, 0) is 0 Å². The van der Waals surface area contributed by atoms with E-state index in [1.165, 1.54) is 19.9 Å². The molecule has 0 radical (unpaired) electrons. The maximum absolute atomic E-state index is 11.7. The number of hydrogen-bond donors (Lipinski definition) is 2. The van der Waals surface area contributed by atoms with Gasteiger partial charge in [-0.3, -0.25) is 4.79 Å². The number of piperidine rings is 1. The van der Waals surface area contributed by atoms with Crippen LogP contribution in [0.3, 0.4) is 0 Å². The summed E-state index contributed by atoms with van der Waals surface area (Å²) in [6.45, 7) is 1.55. The highest BCUT2D eigenvalue weighted by Crippen LogP contribution is 2.29. The standard InChI is InChI=1S/C12H20N4O2/c1-18-10-11(14-8-15-12(10)17)16-7-3-2-4-9(16)5-6-13/h8-9H,2-7,13H2,1H3,(H,14,15,17). The molecule has 0 amide bonds. The second-order valence-electron chi connectivity index (χ2n) is 4.51. The number of methoxy groups -OCH3 is 1. The minimum absolute atomic E-state index is 0.237. The van der Waals surface area contributed by atoms with E-state index in [1.807, 2.05) is 0 Å². The Morgan fingerprint density at radius 2 is 2.44 bits per heavy atom. The first-order valence-corrected chi connectivity index (χ1v) is 6.36. The number of aromatic amines is 1. The zero-order valence-electron chi connectivity index (χ0n) is 10.7. The second-order valence-corrected chi connectivity index (χ2v) is 4.51. The van der Waals surface area contributed by atoms with E-state index in [4.69, 9.17) is 10.5 Å². The fraction of sp³-hybridized carbons (Fsp3) is 0.667. The van der Waals surface area contributed by atoms with Crippen molar-refractivity contribution >= 4 is 5.82 Å². The first-order valence-electron chi connectivity index (χ1n) is 6.36. The minimum Gasteiger partial charge on any atom is -0.489 e. The van der Waals surface area contributed by atoms with E-state index >= 15 is 0 Å². The van der Waals surface area contributed by atoms with Crippen LogP contribution in [0.5, 0.6) is 5.75 Å². The Morgan fingerprint density at radius 1 is 1.61 bits per heavy atom. The molecule has 0 saturated carbocycles. The van der Waals surface area contributed by atoms with Gasteiger partial charge in [-0.15, -0.1) is 0 Å². The lowest BCUT2D eigenvalue weighted by Crippen LogP contribution is -2.42. The average Bonchev–Trinajstić information content (AvgIpc) is 2.39. The van der Waals surface area contributed by atoms with Gasteiger partial charge < -0.3 is 20.4 Å². The van der Waals surface area contributed by atoms with E-state index in [0.717, 1.165) is 25.8 Å². The monoisotopic (exact) mass is 252 g/mol. The molecule has 1 aromatic heterocycles. The summed E-state index contributed by atoms with van der Waals surface area (Å²) in [5.74, 6) is 0.931. The van der Waals surface area contributed by atoms with Gasteiger partial charge in [-0.25, -0.2) is 4.98 Å². The fourth-order valence-electron chi connectivity index (χ4n) is 2.54. The predicted octanol–water partition coefficient (Wildman–Crippen LogP) is 0.486. The Hall–Kier alpha value is -1.56. The van der Waals surface area contributed by atoms with Gasteiger partial charge in [0.05, 0.1) is 13.4 Å². The Balaban J connectivity index is 2.33. The van der Waals surface area contributed by atoms with E-state index in [0.29, 0.717) is 24.2 Å². The largest absolute Gasteiger partial charge is 0.489 e. The summed E-state index contributed by atoms with van der Waals surface area (Å²) in [6, 6.07) is 0.354. The van der Waals surface area contributed by atoms with E-state index in [-0.39, 0.29) is 5.56 Å². The van der Waals surface area contributed by atoms with Crippen LogP contribution in [0.4, 0.5) is 5.82 Å². The molecule has 2 rings (SSSR count). The minimum atomic E-state index is -0.237. The molecule has 1 fully saturated rings. The van der Waals surface area contributed by atoms with Gasteiger partial charge in [0.15, 0.2) is 5.82 Å². The summed E-state index contributed by atoms with van der Waals surface area (Å²) in [5.41, 5.74) is 5.42. The molecule has 0 bridgehead atoms. The van der Waals surface area contributed by atoms with Gasteiger partial charge in [-0.05, 0) is 32.2 Å². The molecule has 1 aliphatic heterocycles. The first kappa shape index (κ1) is 12.9. The normalized spacial score (nSPS) is 19.9. The third kappa shape index (κ3) is 2.48. The summed E-state index contributed by atoms with van der Waals surface area (Å²) in [7, 11) is 1.50. The van der Waals surface area contributed by atoms with E-state index in [9.17, 15) is 4.79 Å². The summed E-state index contributed by atoms with van der Waals surface area (Å²) in [5, 5.41) is 0. The van der Waals surface area contributed by atoms with Crippen LogP contribution in [-0.4, -0.2) is 36.2 Å². The molecule has 1 aromatic rings. The maximum atomic E-state index is 11.7. The smallest absolute Gasteiger partial charge is 0.295 e. The van der Waals surface area contributed by atoms with Gasteiger partial charge in [-0.2, -0.15) is 0 Å². The third-order valence-corrected chi connectivity index (χ3v) is 3.40. The molecule has 0 aromatic carbocycles. The first-order chi connectivity index (χ1) is 8.77. The lowest BCUT2D eigenvalue weighted by molar-refractivity contribution is 0.391. The molecule has 1 atom stereocenters. The molecule has 2 heterocycles. The van der Waals surface area contributed by atoms with Crippen molar-refractivity contribution in [2.24, 2.45) is 5.73 Å². The van der Waals surface area contributed by atoms with Crippen LogP contribution in [0.25, 0.3) is 0 Å². The number of hydrogen-bond acceptors (Lipinski definition) is 5. The summed E-state index contributed by atoms with van der Waals surface area (Å²) in [4.78, 5) is 20.7. The predicted molar refractivity (Wildman–Crippen MR) is 70.1 cm³/mol. The lowest BCUT2D eigenvalue weighted by Gasteiger charge is -2.36. The number of nitrogens with zero attached hydrogens (tertiary/aromatic N) is 2. The van der Waals surface area contributed by atoms with Crippen molar-refractivity contribution in [2.75, 3.05) is 25.1 Å². The van der Waals surface area contributed by atoms with Crippen molar-refractivity contribution in [3.05, 3.63) is 16.7 Å². The topological polar surface area (TPSA) is 84.2 Å². The molecule has 0 spiro atoms. The number of rotatable bonds is 4. The van der Waals surface area contributed by atoms with Gasteiger partial charge in [0.25, 0.3) is 5.56 Å². The number of nitrogens with one attached hydrogen (secondary N) is 1. The molecule has 0 aliphatic carbocycles. The molecular weight excluding hydrogens is 232 g/mol. The quantitative estimate of drug-likeness (QED) is 0.814. The molecule has 100 valence electrons. The molecular formula is C12H20N4O2. The summed E-state index contributed by atoms with van der Waals surface area (Å²) in [6.07, 6.45) is 5.74. The lowest BCUT2D eigenvalue weighted by atomic mass is 9.99. The van der Waals surface area contributed by atoms with Gasteiger partial charge >= 0.3 is 0 Å². The number of nitrogens with two attached hydrogens (primary N) is 1. The highest BCUT2D eigenvalue weighted by molar-refractivity contribution is 5.51. The zero-order valence-corrected chi connectivity index (χ0v) is 10.7. The van der Waals surface area contributed by atoms with Gasteiger partial charge in [0.2, 0.25) is 5.75 Å². The van der Waals surface area contributed by atoms with Gasteiger partial charge in [0, 0.05) is 12.6 Å². The second kappa shape index (κ2) is 5.86. The van der Waals surface area contributed by atoms with Crippen molar-refractivity contribution in [1.29, 1.82) is 0 Å². The highest BCUT2D eigenvalue weighted by Gasteiger charge is 2.26. The van der Waals surface area contributed by atoms with Crippen molar-refractivity contribution < 1.29 is 4.74 Å². The Labute approximate surface area is 106 Å². The number of anilines is 1. The zero-order chi connectivity index (χ0) is 13.0. The van der Waals surface area contributed by atoms with E-state index in [1.54, 1.807) is 0 Å². The van der Waals surface area contributed by atoms with Crippen molar-refractivity contribution in [3.8, 4) is 5.75 Å². The van der Waals surface area contributed by atoms with Gasteiger partial charge in [-0.1, -0.05) is 0 Å². The van der Waals surface area contributed by atoms with Crippen LogP contribution >= 0.6 is 0 Å². The van der Waals surface area contributed by atoms with E-state index < -0.39 is 0 Å². The summed E-state index contributed by atoms with van der Waals surface area (Å²) >= 11 is 0. The number of H-pyrrole nitrogens is 1. The van der Waals surface area contributed by atoms with Crippen LogP contribution in [0.2, 0.25) is 0 Å². The molecule has 3 N–H and O–H groups in total. The van der Waals surface area contributed by atoms with Crippen LogP contribution < -0.4 is 20.9 Å². The third-order valence-electron chi connectivity index (χ3n) is 3.40. The fourth-order valence-corrected chi connectivity index (χ4v) is 2.54. The number of aromatic nitrogens is 2. The molecule has 1 saturated heterocycles. The molecule has 6 nitrogen and oxygen atoms in total. The van der Waals surface area contributed by atoms with Gasteiger partial charge in [0.1, 0.15) is 0 Å². The van der Waals surface area contributed by atoms with Crippen LogP contribution in [0, 0.1) is 0 Å². The molecule has 18 heavy (non-hydrogen) atoms.